The summed E-state index contributed by atoms with van der Waals surface area (Å²) in [6.45, 7) is 10.1. The quantitative estimate of drug-likeness (QED) is 0.794. The number of nitrogens with zero attached hydrogens (tertiary/aromatic N) is 1. The van der Waals surface area contributed by atoms with E-state index < -0.39 is 5.60 Å². The van der Waals surface area contributed by atoms with E-state index in [-0.39, 0.29) is 12.0 Å². The molecular weight excluding hydrogens is 240 g/mol. The molecule has 2 saturated heterocycles. The van der Waals surface area contributed by atoms with Crippen molar-refractivity contribution in [3.05, 3.63) is 0 Å². The number of esters is 1. The van der Waals surface area contributed by atoms with Gasteiger partial charge in [-0.05, 0) is 66.5 Å². The summed E-state index contributed by atoms with van der Waals surface area (Å²) in [7, 11) is 0. The molecule has 0 aromatic heterocycles. The van der Waals surface area contributed by atoms with Gasteiger partial charge in [-0.3, -0.25) is 4.79 Å². The van der Waals surface area contributed by atoms with Crippen LogP contribution in [0.1, 0.15) is 53.4 Å². The fourth-order valence-electron chi connectivity index (χ4n) is 3.19. The van der Waals surface area contributed by atoms with Crippen molar-refractivity contribution in [1.29, 1.82) is 0 Å². The summed E-state index contributed by atoms with van der Waals surface area (Å²) < 4.78 is 5.42. The molecule has 0 spiro atoms. The summed E-state index contributed by atoms with van der Waals surface area (Å²) in [5, 5.41) is 3.45. The zero-order valence-electron chi connectivity index (χ0n) is 12.7. The molecule has 0 amide bonds. The zero-order chi connectivity index (χ0) is 14.0. The molecule has 4 heteroatoms. The molecule has 2 aliphatic heterocycles. The molecule has 3 atom stereocenters. The van der Waals surface area contributed by atoms with Crippen LogP contribution in [0.5, 0.6) is 0 Å². The fraction of sp³-hybridized carbons (Fsp3) is 0.933. The Kier molecular flexibility index (Phi) is 4.51. The van der Waals surface area contributed by atoms with E-state index in [1.807, 2.05) is 27.7 Å². The zero-order valence-corrected chi connectivity index (χ0v) is 12.7. The standard InChI is InChI=1S/C15H28N2O2/c1-11(14(18)19-15(2,3)4)16-12-7-9-17-8-5-6-13(17)10-12/h11-13,16H,5-10H2,1-4H3. The van der Waals surface area contributed by atoms with Gasteiger partial charge in [0.25, 0.3) is 0 Å². The van der Waals surface area contributed by atoms with Crippen LogP contribution in [0.4, 0.5) is 0 Å². The molecule has 2 fully saturated rings. The lowest BCUT2D eigenvalue weighted by Gasteiger charge is -2.36. The van der Waals surface area contributed by atoms with E-state index in [1.165, 1.54) is 32.4 Å². The molecule has 1 N–H and O–H groups in total. The van der Waals surface area contributed by atoms with Crippen molar-refractivity contribution in [2.24, 2.45) is 0 Å². The average Bonchev–Trinajstić information content (AvgIpc) is 2.73. The Labute approximate surface area is 116 Å². The van der Waals surface area contributed by atoms with Crippen molar-refractivity contribution < 1.29 is 9.53 Å². The van der Waals surface area contributed by atoms with Crippen LogP contribution in [0.25, 0.3) is 0 Å². The minimum Gasteiger partial charge on any atom is -0.459 e. The Morgan fingerprint density at radius 1 is 1.32 bits per heavy atom. The fourth-order valence-corrected chi connectivity index (χ4v) is 3.19. The molecule has 3 unspecified atom stereocenters. The van der Waals surface area contributed by atoms with Crippen LogP contribution in [0.3, 0.4) is 0 Å². The van der Waals surface area contributed by atoms with Gasteiger partial charge in [0.15, 0.2) is 0 Å². The van der Waals surface area contributed by atoms with Gasteiger partial charge in [0.1, 0.15) is 11.6 Å². The van der Waals surface area contributed by atoms with Gasteiger partial charge in [-0.15, -0.1) is 0 Å². The van der Waals surface area contributed by atoms with Crippen molar-refractivity contribution >= 4 is 5.97 Å². The second kappa shape index (κ2) is 5.80. The normalized spacial score (nSPS) is 29.9. The topological polar surface area (TPSA) is 41.6 Å². The Morgan fingerprint density at radius 3 is 2.74 bits per heavy atom. The minimum absolute atomic E-state index is 0.138. The van der Waals surface area contributed by atoms with Gasteiger partial charge < -0.3 is 15.0 Å². The highest BCUT2D eigenvalue weighted by molar-refractivity contribution is 5.75. The maximum Gasteiger partial charge on any atom is 0.323 e. The molecule has 2 heterocycles. The van der Waals surface area contributed by atoms with Gasteiger partial charge in [0, 0.05) is 12.1 Å². The van der Waals surface area contributed by atoms with E-state index in [1.54, 1.807) is 0 Å². The summed E-state index contributed by atoms with van der Waals surface area (Å²) in [5.41, 5.74) is -0.401. The molecule has 110 valence electrons. The van der Waals surface area contributed by atoms with Crippen LogP contribution in [-0.2, 0) is 9.53 Å². The van der Waals surface area contributed by atoms with Crippen LogP contribution < -0.4 is 5.32 Å². The molecule has 2 rings (SSSR count). The summed E-state index contributed by atoms with van der Waals surface area (Å²) >= 11 is 0. The molecular formula is C15H28N2O2. The number of carbonyl (C=O) groups excluding carboxylic acids is 1. The first-order chi connectivity index (χ1) is 8.85. The molecule has 0 aromatic rings. The second-order valence-electron chi connectivity index (χ2n) is 6.98. The predicted molar refractivity (Wildman–Crippen MR) is 76.1 cm³/mol. The van der Waals surface area contributed by atoms with E-state index in [0.717, 1.165) is 12.5 Å². The summed E-state index contributed by atoms with van der Waals surface area (Å²) in [4.78, 5) is 14.6. The molecule has 4 nitrogen and oxygen atoms in total. The Hall–Kier alpha value is -0.610. The van der Waals surface area contributed by atoms with Crippen molar-refractivity contribution in [2.45, 2.75) is 77.1 Å². The van der Waals surface area contributed by atoms with E-state index in [4.69, 9.17) is 4.74 Å². The van der Waals surface area contributed by atoms with Crippen LogP contribution in [0, 0.1) is 0 Å². The minimum atomic E-state index is -0.401. The number of hydrogen-bond acceptors (Lipinski definition) is 4. The lowest BCUT2D eigenvalue weighted by atomic mass is 9.97. The van der Waals surface area contributed by atoms with Gasteiger partial charge in [-0.2, -0.15) is 0 Å². The van der Waals surface area contributed by atoms with Gasteiger partial charge in [0.05, 0.1) is 0 Å². The first-order valence-electron chi connectivity index (χ1n) is 7.58. The lowest BCUT2D eigenvalue weighted by Crippen LogP contribution is -2.50. The second-order valence-corrected chi connectivity index (χ2v) is 6.98. The molecule has 19 heavy (non-hydrogen) atoms. The van der Waals surface area contributed by atoms with Crippen LogP contribution in [0.2, 0.25) is 0 Å². The van der Waals surface area contributed by atoms with Gasteiger partial charge in [-0.25, -0.2) is 0 Å². The van der Waals surface area contributed by atoms with Crippen LogP contribution >= 0.6 is 0 Å². The number of fused-ring (bicyclic) bond motifs is 1. The highest BCUT2D eigenvalue weighted by atomic mass is 16.6. The number of hydrogen-bond donors (Lipinski definition) is 1. The third-order valence-electron chi connectivity index (χ3n) is 4.07. The van der Waals surface area contributed by atoms with E-state index in [2.05, 4.69) is 10.2 Å². The number of carbonyl (C=O) groups is 1. The van der Waals surface area contributed by atoms with Crippen LogP contribution in [0.15, 0.2) is 0 Å². The summed E-state index contributed by atoms with van der Waals surface area (Å²) in [5.74, 6) is -0.138. The first-order valence-corrected chi connectivity index (χ1v) is 7.58. The monoisotopic (exact) mass is 268 g/mol. The van der Waals surface area contributed by atoms with Gasteiger partial charge in [0.2, 0.25) is 0 Å². The molecule has 2 aliphatic rings. The molecule has 0 bridgehead atoms. The van der Waals surface area contributed by atoms with Crippen molar-refractivity contribution in [3.8, 4) is 0 Å². The lowest BCUT2D eigenvalue weighted by molar-refractivity contribution is -0.157. The average molecular weight is 268 g/mol. The third-order valence-corrected chi connectivity index (χ3v) is 4.07. The maximum absolute atomic E-state index is 12.0. The molecule has 0 radical (unpaired) electrons. The summed E-state index contributed by atoms with van der Waals surface area (Å²) in [6, 6.07) is 0.983. The third kappa shape index (κ3) is 4.18. The highest BCUT2D eigenvalue weighted by Gasteiger charge is 2.33. The van der Waals surface area contributed by atoms with Crippen molar-refractivity contribution in [3.63, 3.8) is 0 Å². The Bertz CT molecular complexity index is 325. The van der Waals surface area contributed by atoms with Crippen molar-refractivity contribution in [1.82, 2.24) is 10.2 Å². The smallest absolute Gasteiger partial charge is 0.323 e. The van der Waals surface area contributed by atoms with Crippen LogP contribution in [-0.4, -0.2) is 47.7 Å². The molecule has 0 aliphatic carbocycles. The first kappa shape index (κ1) is 14.8. The number of ether oxygens (including phenoxy) is 1. The van der Waals surface area contributed by atoms with Crippen molar-refractivity contribution in [2.75, 3.05) is 13.1 Å². The van der Waals surface area contributed by atoms with Gasteiger partial charge in [-0.1, -0.05) is 0 Å². The number of piperidine rings is 1. The van der Waals surface area contributed by atoms with Gasteiger partial charge >= 0.3 is 5.97 Å². The van der Waals surface area contributed by atoms with E-state index >= 15 is 0 Å². The highest BCUT2D eigenvalue weighted by Crippen LogP contribution is 2.27. The largest absolute Gasteiger partial charge is 0.459 e. The Balaban J connectivity index is 1.79. The van der Waals surface area contributed by atoms with E-state index in [0.29, 0.717) is 6.04 Å². The summed E-state index contributed by atoms with van der Waals surface area (Å²) in [6.07, 6.45) is 4.97. The number of rotatable bonds is 3. The SMILES string of the molecule is CC(NC1CCN2CCCC2C1)C(=O)OC(C)(C)C. The maximum atomic E-state index is 12.0. The Morgan fingerprint density at radius 2 is 2.05 bits per heavy atom. The predicted octanol–water partition coefficient (Wildman–Crippen LogP) is 1.93. The van der Waals surface area contributed by atoms with E-state index in [9.17, 15) is 4.79 Å². The number of nitrogens with one attached hydrogen (secondary N) is 1. The molecule has 0 saturated carbocycles. The molecule has 0 aromatic carbocycles.